The van der Waals surface area contributed by atoms with Gasteiger partial charge in [0, 0.05) is 16.8 Å². The zero-order valence-corrected chi connectivity index (χ0v) is 17.2. The highest BCUT2D eigenvalue weighted by Gasteiger charge is 2.15. The van der Waals surface area contributed by atoms with Gasteiger partial charge in [-0.2, -0.15) is 8.42 Å². The van der Waals surface area contributed by atoms with Gasteiger partial charge in [-0.25, -0.2) is 0 Å². The number of carbonyl (C=O) groups excluding carboxylic acids is 1. The third kappa shape index (κ3) is 6.90. The number of ether oxygens (including phenoxy) is 1. The second kappa shape index (κ2) is 10.1. The minimum atomic E-state index is -3.68. The van der Waals surface area contributed by atoms with Crippen LogP contribution in [0.5, 0.6) is 11.5 Å². The molecule has 0 radical (unpaired) electrons. The van der Waals surface area contributed by atoms with Crippen LogP contribution in [0.15, 0.2) is 48.5 Å². The fourth-order valence-corrected chi connectivity index (χ4v) is 3.51. The quantitative estimate of drug-likeness (QED) is 0.474. The molecule has 0 saturated heterocycles. The lowest BCUT2D eigenvalue weighted by Crippen LogP contribution is -2.14. The van der Waals surface area contributed by atoms with Crippen LogP contribution >= 0.6 is 11.6 Å². The molecule has 1 amide bonds. The van der Waals surface area contributed by atoms with E-state index < -0.39 is 10.1 Å². The summed E-state index contributed by atoms with van der Waals surface area (Å²) in [6.45, 7) is 1.90. The van der Waals surface area contributed by atoms with Crippen molar-refractivity contribution >= 4 is 39.4 Å². The number of amides is 1. The highest BCUT2D eigenvalue weighted by atomic mass is 35.5. The molecule has 0 aliphatic carbocycles. The zero-order valence-electron chi connectivity index (χ0n) is 15.6. The number of hydrogen-bond donors (Lipinski definition) is 1. The van der Waals surface area contributed by atoms with Crippen molar-refractivity contribution < 1.29 is 22.1 Å². The number of rotatable bonds is 9. The fraction of sp³-hybridized carbons (Fsp3) is 0.250. The Hall–Kier alpha value is -2.51. The van der Waals surface area contributed by atoms with Crippen LogP contribution in [0.2, 0.25) is 5.02 Å². The highest BCUT2D eigenvalue weighted by molar-refractivity contribution is 7.87. The van der Waals surface area contributed by atoms with Crippen LogP contribution in [0.1, 0.15) is 25.3 Å². The van der Waals surface area contributed by atoms with Crippen LogP contribution < -0.4 is 14.2 Å². The Kier molecular flexibility index (Phi) is 7.90. The molecular formula is C20H22ClNO5S. The summed E-state index contributed by atoms with van der Waals surface area (Å²) in [5.74, 6) is 0.00424. The van der Waals surface area contributed by atoms with Crippen LogP contribution in [-0.2, 0) is 14.9 Å². The summed E-state index contributed by atoms with van der Waals surface area (Å²) in [5.41, 5.74) is 1.28. The monoisotopic (exact) mass is 423 g/mol. The molecule has 28 heavy (non-hydrogen) atoms. The standard InChI is InChI=1S/C20H22ClNO5S/c1-3-4-13-28(24,25)27-18-11-5-15(14-19(18)26-2)6-12-20(23)22-17-9-7-16(21)8-10-17/h5-12,14H,3-4,13H2,1-2H3,(H,22,23)/b12-6+. The van der Waals surface area contributed by atoms with Crippen molar-refractivity contribution in [2.75, 3.05) is 18.2 Å². The van der Waals surface area contributed by atoms with Crippen molar-refractivity contribution in [3.05, 3.63) is 59.1 Å². The van der Waals surface area contributed by atoms with E-state index in [0.29, 0.717) is 22.7 Å². The first kappa shape index (κ1) is 21.8. The van der Waals surface area contributed by atoms with E-state index in [4.69, 9.17) is 20.5 Å². The minimum Gasteiger partial charge on any atom is -0.493 e. The van der Waals surface area contributed by atoms with Gasteiger partial charge in [-0.15, -0.1) is 0 Å². The van der Waals surface area contributed by atoms with Gasteiger partial charge in [0.25, 0.3) is 0 Å². The number of carbonyl (C=O) groups is 1. The van der Waals surface area contributed by atoms with Gasteiger partial charge in [0.2, 0.25) is 5.91 Å². The van der Waals surface area contributed by atoms with Crippen molar-refractivity contribution in [1.82, 2.24) is 0 Å². The van der Waals surface area contributed by atoms with E-state index in [1.54, 1.807) is 42.5 Å². The maximum atomic E-state index is 12.0. The highest BCUT2D eigenvalue weighted by Crippen LogP contribution is 2.30. The maximum absolute atomic E-state index is 12.0. The summed E-state index contributed by atoms with van der Waals surface area (Å²) < 4.78 is 34.3. The molecule has 0 aliphatic heterocycles. The molecule has 0 aliphatic rings. The maximum Gasteiger partial charge on any atom is 0.309 e. The van der Waals surface area contributed by atoms with Crippen LogP contribution in [0.3, 0.4) is 0 Å². The van der Waals surface area contributed by atoms with Gasteiger partial charge in [-0.05, 0) is 54.5 Å². The first-order chi connectivity index (χ1) is 13.3. The Bertz CT molecular complexity index is 940. The third-order valence-electron chi connectivity index (χ3n) is 3.69. The Morgan fingerprint density at radius 3 is 2.50 bits per heavy atom. The second-order valence-electron chi connectivity index (χ2n) is 5.94. The molecule has 0 atom stereocenters. The van der Waals surface area contributed by atoms with Crippen LogP contribution in [0.4, 0.5) is 5.69 Å². The lowest BCUT2D eigenvalue weighted by molar-refractivity contribution is -0.111. The summed E-state index contributed by atoms with van der Waals surface area (Å²) >= 11 is 5.81. The first-order valence-corrected chi connectivity index (χ1v) is 10.6. The lowest BCUT2D eigenvalue weighted by Gasteiger charge is -2.11. The number of methoxy groups -OCH3 is 1. The second-order valence-corrected chi connectivity index (χ2v) is 8.07. The molecule has 0 saturated carbocycles. The molecule has 2 aromatic rings. The topological polar surface area (TPSA) is 81.7 Å². The number of nitrogens with one attached hydrogen (secondary N) is 1. The average Bonchev–Trinajstić information content (AvgIpc) is 2.67. The molecule has 0 heterocycles. The van der Waals surface area contributed by atoms with Gasteiger partial charge in [0.15, 0.2) is 11.5 Å². The van der Waals surface area contributed by atoms with E-state index in [0.717, 1.165) is 6.42 Å². The lowest BCUT2D eigenvalue weighted by atomic mass is 10.2. The summed E-state index contributed by atoms with van der Waals surface area (Å²) in [4.78, 5) is 12.0. The van der Waals surface area contributed by atoms with Gasteiger partial charge in [-0.3, -0.25) is 4.79 Å². The molecule has 0 fully saturated rings. The van der Waals surface area contributed by atoms with E-state index >= 15 is 0 Å². The predicted octanol–water partition coefficient (Wildman–Crippen LogP) is 4.51. The molecule has 150 valence electrons. The summed E-state index contributed by atoms with van der Waals surface area (Å²) in [6, 6.07) is 11.5. The SMILES string of the molecule is CCCCS(=O)(=O)Oc1ccc(/C=C/C(=O)Nc2ccc(Cl)cc2)cc1OC. The van der Waals surface area contributed by atoms with E-state index in [9.17, 15) is 13.2 Å². The van der Waals surface area contributed by atoms with Crippen LogP contribution in [0, 0.1) is 0 Å². The van der Waals surface area contributed by atoms with Crippen molar-refractivity contribution in [3.8, 4) is 11.5 Å². The van der Waals surface area contributed by atoms with Gasteiger partial charge in [0.1, 0.15) is 0 Å². The van der Waals surface area contributed by atoms with Gasteiger partial charge < -0.3 is 14.2 Å². The van der Waals surface area contributed by atoms with Crippen molar-refractivity contribution in [3.63, 3.8) is 0 Å². The van der Waals surface area contributed by atoms with Gasteiger partial charge in [-0.1, -0.05) is 31.0 Å². The molecule has 2 aromatic carbocycles. The van der Waals surface area contributed by atoms with Crippen molar-refractivity contribution in [2.24, 2.45) is 0 Å². The molecule has 2 rings (SSSR count). The number of unbranched alkanes of at least 4 members (excludes halogenated alkanes) is 1. The Morgan fingerprint density at radius 2 is 1.86 bits per heavy atom. The summed E-state index contributed by atoms with van der Waals surface area (Å²) in [6.07, 6.45) is 4.22. The first-order valence-electron chi connectivity index (χ1n) is 8.68. The zero-order chi connectivity index (χ0) is 20.6. The normalized spacial score (nSPS) is 11.4. The Morgan fingerprint density at radius 1 is 1.14 bits per heavy atom. The molecular weight excluding hydrogens is 402 g/mol. The van der Waals surface area contributed by atoms with E-state index in [1.807, 2.05) is 6.92 Å². The molecule has 0 aromatic heterocycles. The van der Waals surface area contributed by atoms with Crippen molar-refractivity contribution in [2.45, 2.75) is 19.8 Å². The van der Waals surface area contributed by atoms with E-state index in [1.165, 1.54) is 19.3 Å². The Balaban J connectivity index is 2.07. The predicted molar refractivity (Wildman–Crippen MR) is 111 cm³/mol. The van der Waals surface area contributed by atoms with Crippen LogP contribution in [-0.4, -0.2) is 27.2 Å². The number of anilines is 1. The van der Waals surface area contributed by atoms with Crippen LogP contribution in [0.25, 0.3) is 6.08 Å². The largest absolute Gasteiger partial charge is 0.493 e. The number of halogens is 1. The Labute approximate surface area is 170 Å². The molecule has 1 N–H and O–H groups in total. The molecule has 0 spiro atoms. The molecule has 6 nitrogen and oxygen atoms in total. The molecule has 0 unspecified atom stereocenters. The van der Waals surface area contributed by atoms with E-state index in [2.05, 4.69) is 5.32 Å². The minimum absolute atomic E-state index is 0.0564. The smallest absolute Gasteiger partial charge is 0.309 e. The summed E-state index contributed by atoms with van der Waals surface area (Å²) in [5, 5.41) is 3.29. The number of benzene rings is 2. The third-order valence-corrected chi connectivity index (χ3v) is 5.17. The van der Waals surface area contributed by atoms with E-state index in [-0.39, 0.29) is 23.2 Å². The van der Waals surface area contributed by atoms with Gasteiger partial charge in [0.05, 0.1) is 12.9 Å². The van der Waals surface area contributed by atoms with Crippen molar-refractivity contribution in [1.29, 1.82) is 0 Å². The average molecular weight is 424 g/mol. The fourth-order valence-electron chi connectivity index (χ4n) is 2.25. The van der Waals surface area contributed by atoms with Gasteiger partial charge >= 0.3 is 10.1 Å². The number of hydrogen-bond acceptors (Lipinski definition) is 5. The molecule has 8 heteroatoms. The summed E-state index contributed by atoms with van der Waals surface area (Å²) in [7, 11) is -2.26. The molecule has 0 bridgehead atoms.